The lowest BCUT2D eigenvalue weighted by Crippen LogP contribution is -2.04. The largest absolute Gasteiger partial charge is 0.365 e. The van der Waals surface area contributed by atoms with Crippen LogP contribution in [-0.2, 0) is 6.54 Å². The number of thiophene rings is 1. The van der Waals surface area contributed by atoms with Gasteiger partial charge in [-0.05, 0) is 29.1 Å². The summed E-state index contributed by atoms with van der Waals surface area (Å²) in [4.78, 5) is 9.87. The molecule has 4 nitrogen and oxygen atoms in total. The summed E-state index contributed by atoms with van der Waals surface area (Å²) >= 11 is 7.49. The molecule has 20 heavy (non-hydrogen) atoms. The first kappa shape index (κ1) is 13.1. The summed E-state index contributed by atoms with van der Waals surface area (Å²) < 4.78 is 0. The lowest BCUT2D eigenvalue weighted by molar-refractivity contribution is 1.10. The van der Waals surface area contributed by atoms with Crippen LogP contribution in [0.5, 0.6) is 0 Å². The zero-order valence-corrected chi connectivity index (χ0v) is 12.4. The molecule has 3 rings (SSSR count). The maximum Gasteiger partial charge on any atom is 0.225 e. The summed E-state index contributed by atoms with van der Waals surface area (Å²) in [6, 6.07) is 9.81. The standard InChI is InChI=1S/C14H13ClN4S/c1-16-14-18-12(11-6-7-20-13(11)19-14)17-8-9-2-4-10(15)5-3-9/h2-7H,8H2,1H3,(H2,16,17,18,19). The molecule has 0 unspecified atom stereocenters. The minimum absolute atomic E-state index is 0.624. The van der Waals surface area contributed by atoms with Crippen LogP contribution >= 0.6 is 22.9 Å². The molecule has 0 spiro atoms. The molecule has 0 aliphatic carbocycles. The predicted octanol–water partition coefficient (Wildman–Crippen LogP) is 4.00. The minimum atomic E-state index is 0.624. The van der Waals surface area contributed by atoms with Crippen LogP contribution in [0.2, 0.25) is 5.02 Å². The van der Waals surface area contributed by atoms with Crippen molar-refractivity contribution in [3.05, 3.63) is 46.3 Å². The predicted molar refractivity (Wildman–Crippen MR) is 85.7 cm³/mol. The lowest BCUT2D eigenvalue weighted by Gasteiger charge is -2.08. The number of aromatic nitrogens is 2. The molecule has 6 heteroatoms. The zero-order valence-electron chi connectivity index (χ0n) is 10.9. The van der Waals surface area contributed by atoms with Gasteiger partial charge in [0.25, 0.3) is 0 Å². The number of halogens is 1. The quantitative estimate of drug-likeness (QED) is 0.765. The van der Waals surface area contributed by atoms with Crippen LogP contribution in [0.4, 0.5) is 11.8 Å². The van der Waals surface area contributed by atoms with E-state index < -0.39 is 0 Å². The van der Waals surface area contributed by atoms with Crippen LogP contribution in [0.25, 0.3) is 10.2 Å². The van der Waals surface area contributed by atoms with Crippen molar-refractivity contribution < 1.29 is 0 Å². The van der Waals surface area contributed by atoms with Gasteiger partial charge in [-0.15, -0.1) is 11.3 Å². The lowest BCUT2D eigenvalue weighted by atomic mass is 10.2. The number of hydrogen-bond acceptors (Lipinski definition) is 5. The molecule has 0 aliphatic heterocycles. The van der Waals surface area contributed by atoms with Gasteiger partial charge < -0.3 is 10.6 Å². The summed E-state index contributed by atoms with van der Waals surface area (Å²) in [5.41, 5.74) is 1.15. The van der Waals surface area contributed by atoms with E-state index in [0.29, 0.717) is 12.5 Å². The fourth-order valence-electron chi connectivity index (χ4n) is 1.89. The average molecular weight is 305 g/mol. The highest BCUT2D eigenvalue weighted by Crippen LogP contribution is 2.26. The van der Waals surface area contributed by atoms with Gasteiger partial charge in [0.1, 0.15) is 10.6 Å². The van der Waals surface area contributed by atoms with E-state index in [-0.39, 0.29) is 0 Å². The molecule has 3 aromatic rings. The van der Waals surface area contributed by atoms with E-state index in [1.807, 2.05) is 42.8 Å². The van der Waals surface area contributed by atoms with Gasteiger partial charge in [-0.2, -0.15) is 4.98 Å². The Morgan fingerprint density at radius 1 is 1.15 bits per heavy atom. The molecule has 0 atom stereocenters. The summed E-state index contributed by atoms with van der Waals surface area (Å²) in [5.74, 6) is 1.47. The first-order valence-electron chi connectivity index (χ1n) is 6.17. The van der Waals surface area contributed by atoms with Crippen molar-refractivity contribution in [3.63, 3.8) is 0 Å². The van der Waals surface area contributed by atoms with E-state index in [2.05, 4.69) is 20.6 Å². The normalized spacial score (nSPS) is 10.7. The summed E-state index contributed by atoms with van der Waals surface area (Å²) in [5, 5.41) is 10.1. The highest BCUT2D eigenvalue weighted by molar-refractivity contribution is 7.16. The fourth-order valence-corrected chi connectivity index (χ4v) is 2.78. The van der Waals surface area contributed by atoms with Gasteiger partial charge >= 0.3 is 0 Å². The van der Waals surface area contributed by atoms with Crippen molar-refractivity contribution >= 4 is 44.9 Å². The number of benzene rings is 1. The summed E-state index contributed by atoms with van der Waals surface area (Å²) in [6.07, 6.45) is 0. The van der Waals surface area contributed by atoms with Crippen LogP contribution < -0.4 is 10.6 Å². The number of nitrogens with zero attached hydrogens (tertiary/aromatic N) is 2. The van der Waals surface area contributed by atoms with E-state index >= 15 is 0 Å². The van der Waals surface area contributed by atoms with Crippen molar-refractivity contribution in [2.45, 2.75) is 6.54 Å². The molecule has 1 aromatic carbocycles. The van der Waals surface area contributed by atoms with Gasteiger partial charge in [-0.1, -0.05) is 23.7 Å². The van der Waals surface area contributed by atoms with Crippen LogP contribution in [0.15, 0.2) is 35.7 Å². The number of fused-ring (bicyclic) bond motifs is 1. The molecule has 0 fully saturated rings. The Bertz CT molecular complexity index is 724. The molecule has 2 aromatic heterocycles. The molecule has 0 radical (unpaired) electrons. The molecule has 102 valence electrons. The van der Waals surface area contributed by atoms with Gasteiger partial charge in [-0.3, -0.25) is 0 Å². The third-order valence-electron chi connectivity index (χ3n) is 2.92. The smallest absolute Gasteiger partial charge is 0.225 e. The molecule has 0 saturated heterocycles. The van der Waals surface area contributed by atoms with Crippen molar-refractivity contribution in [3.8, 4) is 0 Å². The van der Waals surface area contributed by atoms with Gasteiger partial charge in [0.2, 0.25) is 5.95 Å². The average Bonchev–Trinajstić information content (AvgIpc) is 2.94. The van der Waals surface area contributed by atoms with Gasteiger partial charge in [0.15, 0.2) is 0 Å². The highest BCUT2D eigenvalue weighted by Gasteiger charge is 2.07. The Morgan fingerprint density at radius 3 is 2.70 bits per heavy atom. The third-order valence-corrected chi connectivity index (χ3v) is 3.98. The Morgan fingerprint density at radius 2 is 1.95 bits per heavy atom. The number of hydrogen-bond donors (Lipinski definition) is 2. The maximum atomic E-state index is 5.88. The minimum Gasteiger partial charge on any atom is -0.365 e. The van der Waals surface area contributed by atoms with E-state index in [1.165, 1.54) is 0 Å². The van der Waals surface area contributed by atoms with Gasteiger partial charge in [-0.25, -0.2) is 4.98 Å². The molecule has 0 aliphatic rings. The molecule has 2 heterocycles. The molecule has 0 bridgehead atoms. The Hall–Kier alpha value is -1.85. The van der Waals surface area contributed by atoms with E-state index in [4.69, 9.17) is 11.6 Å². The molecule has 2 N–H and O–H groups in total. The van der Waals surface area contributed by atoms with E-state index in [1.54, 1.807) is 11.3 Å². The van der Waals surface area contributed by atoms with Crippen LogP contribution in [0.3, 0.4) is 0 Å². The second-order valence-corrected chi connectivity index (χ2v) is 5.60. The third kappa shape index (κ3) is 2.69. The van der Waals surface area contributed by atoms with Crippen molar-refractivity contribution in [1.82, 2.24) is 9.97 Å². The first-order valence-corrected chi connectivity index (χ1v) is 7.43. The van der Waals surface area contributed by atoms with Crippen LogP contribution in [0, 0.1) is 0 Å². The first-order chi connectivity index (χ1) is 9.76. The summed E-state index contributed by atoms with van der Waals surface area (Å²) in [6.45, 7) is 0.697. The summed E-state index contributed by atoms with van der Waals surface area (Å²) in [7, 11) is 1.82. The molecular weight excluding hydrogens is 292 g/mol. The highest BCUT2D eigenvalue weighted by atomic mass is 35.5. The molecule has 0 amide bonds. The number of rotatable bonds is 4. The number of anilines is 2. The Kier molecular flexibility index (Phi) is 3.71. The SMILES string of the molecule is CNc1nc(NCc2ccc(Cl)cc2)c2ccsc2n1. The second kappa shape index (κ2) is 5.64. The van der Waals surface area contributed by atoms with Crippen molar-refractivity contribution in [2.24, 2.45) is 0 Å². The maximum absolute atomic E-state index is 5.88. The molecular formula is C14H13ClN4S. The monoisotopic (exact) mass is 304 g/mol. The van der Waals surface area contributed by atoms with Crippen LogP contribution in [0.1, 0.15) is 5.56 Å². The van der Waals surface area contributed by atoms with E-state index in [0.717, 1.165) is 26.6 Å². The number of nitrogens with one attached hydrogen (secondary N) is 2. The van der Waals surface area contributed by atoms with Crippen molar-refractivity contribution in [2.75, 3.05) is 17.7 Å². The van der Waals surface area contributed by atoms with E-state index in [9.17, 15) is 0 Å². The second-order valence-electron chi connectivity index (χ2n) is 4.27. The fraction of sp³-hybridized carbons (Fsp3) is 0.143. The van der Waals surface area contributed by atoms with Gasteiger partial charge in [0, 0.05) is 18.6 Å². The zero-order chi connectivity index (χ0) is 13.9. The van der Waals surface area contributed by atoms with Gasteiger partial charge in [0.05, 0.1) is 5.39 Å². The van der Waals surface area contributed by atoms with Crippen molar-refractivity contribution in [1.29, 1.82) is 0 Å². The Labute approximate surface area is 125 Å². The topological polar surface area (TPSA) is 49.8 Å². The Balaban J connectivity index is 1.86. The molecule has 0 saturated carbocycles. The van der Waals surface area contributed by atoms with Crippen LogP contribution in [-0.4, -0.2) is 17.0 Å².